The lowest BCUT2D eigenvalue weighted by molar-refractivity contribution is -0.138. The molecule has 2 aliphatic heterocycles. The number of carbonyl (C=O) groups is 3. The summed E-state index contributed by atoms with van der Waals surface area (Å²) in [5.74, 6) is -0.759. The van der Waals surface area contributed by atoms with E-state index in [1.807, 2.05) is 6.92 Å². The van der Waals surface area contributed by atoms with Crippen molar-refractivity contribution in [2.45, 2.75) is 39.5 Å². The molecule has 8 nitrogen and oxygen atoms in total. The molecular formula is C21H36N4O4. The van der Waals surface area contributed by atoms with E-state index in [-0.39, 0.29) is 24.1 Å². The summed E-state index contributed by atoms with van der Waals surface area (Å²) in [5.41, 5.74) is 1.36. The Kier molecular flexibility index (Phi) is 9.10. The Morgan fingerprint density at radius 3 is 2.52 bits per heavy atom. The van der Waals surface area contributed by atoms with E-state index in [0.29, 0.717) is 25.1 Å². The Hall–Kier alpha value is -1.93. The van der Waals surface area contributed by atoms with Crippen molar-refractivity contribution in [1.29, 1.82) is 0 Å². The molecule has 1 saturated heterocycles. The molecule has 0 bridgehead atoms. The smallest absolute Gasteiger partial charge is 0.251 e. The second-order valence-electron chi connectivity index (χ2n) is 8.02. The van der Waals surface area contributed by atoms with E-state index in [1.54, 1.807) is 19.0 Å². The Morgan fingerprint density at radius 2 is 1.90 bits per heavy atom. The highest BCUT2D eigenvalue weighted by Gasteiger charge is 2.36. The molecule has 0 aliphatic carbocycles. The molecule has 1 fully saturated rings. The summed E-state index contributed by atoms with van der Waals surface area (Å²) in [6.07, 6.45) is 2.26. The van der Waals surface area contributed by atoms with E-state index in [2.05, 4.69) is 17.1 Å². The van der Waals surface area contributed by atoms with Gasteiger partial charge in [-0.25, -0.2) is 0 Å². The fourth-order valence-electron chi connectivity index (χ4n) is 3.77. The first kappa shape index (κ1) is 23.3. The molecule has 29 heavy (non-hydrogen) atoms. The van der Waals surface area contributed by atoms with Gasteiger partial charge >= 0.3 is 0 Å². The SMILES string of the molecule is CCCCN1C(=O)C(CC(=O)NCCN2CCOCC2)CC(C(=O)N(C)C)=C1C. The predicted octanol–water partition coefficient (Wildman–Crippen LogP) is 0.836. The lowest BCUT2D eigenvalue weighted by Gasteiger charge is -2.35. The van der Waals surface area contributed by atoms with Crippen LogP contribution in [0.1, 0.15) is 39.5 Å². The van der Waals surface area contributed by atoms with Gasteiger partial charge in [-0.1, -0.05) is 13.3 Å². The third kappa shape index (κ3) is 6.54. The van der Waals surface area contributed by atoms with Gasteiger partial charge in [0.25, 0.3) is 5.91 Å². The van der Waals surface area contributed by atoms with Crippen molar-refractivity contribution >= 4 is 17.7 Å². The van der Waals surface area contributed by atoms with Crippen LogP contribution in [0.4, 0.5) is 0 Å². The van der Waals surface area contributed by atoms with Crippen molar-refractivity contribution in [2.24, 2.45) is 5.92 Å². The van der Waals surface area contributed by atoms with Gasteiger partial charge in [0.05, 0.1) is 19.1 Å². The average Bonchev–Trinajstić information content (AvgIpc) is 2.70. The molecule has 2 heterocycles. The maximum absolute atomic E-state index is 13.0. The molecule has 1 N–H and O–H groups in total. The largest absolute Gasteiger partial charge is 0.379 e. The zero-order valence-corrected chi connectivity index (χ0v) is 18.3. The first-order valence-electron chi connectivity index (χ1n) is 10.6. The van der Waals surface area contributed by atoms with Crippen LogP contribution in [0, 0.1) is 5.92 Å². The van der Waals surface area contributed by atoms with Crippen LogP contribution >= 0.6 is 0 Å². The second-order valence-corrected chi connectivity index (χ2v) is 8.02. The number of amides is 3. The van der Waals surface area contributed by atoms with Gasteiger partial charge in [0, 0.05) is 64.5 Å². The van der Waals surface area contributed by atoms with E-state index in [1.165, 1.54) is 4.90 Å². The summed E-state index contributed by atoms with van der Waals surface area (Å²) in [5, 5.41) is 2.93. The standard InChI is InChI=1S/C21H36N4O4/c1-5-6-8-25-16(2)18(21(28)23(3)4)14-17(20(25)27)15-19(26)22-7-9-24-10-12-29-13-11-24/h17H,5-15H2,1-4H3,(H,22,26). The van der Waals surface area contributed by atoms with Crippen LogP contribution in [0.15, 0.2) is 11.3 Å². The molecule has 2 rings (SSSR count). The normalized spacial score (nSPS) is 20.8. The molecule has 3 amide bonds. The third-order valence-electron chi connectivity index (χ3n) is 5.59. The monoisotopic (exact) mass is 408 g/mol. The Morgan fingerprint density at radius 1 is 1.21 bits per heavy atom. The van der Waals surface area contributed by atoms with Crippen LogP contribution in [0.25, 0.3) is 0 Å². The molecule has 1 atom stereocenters. The topological polar surface area (TPSA) is 82.2 Å². The molecule has 0 aromatic heterocycles. The van der Waals surface area contributed by atoms with Crippen LogP contribution < -0.4 is 5.32 Å². The summed E-state index contributed by atoms with van der Waals surface area (Å²) in [6, 6.07) is 0. The highest BCUT2D eigenvalue weighted by atomic mass is 16.5. The lowest BCUT2D eigenvalue weighted by atomic mass is 9.88. The minimum Gasteiger partial charge on any atom is -0.379 e. The van der Waals surface area contributed by atoms with Crippen molar-refractivity contribution in [2.75, 3.05) is 60.0 Å². The van der Waals surface area contributed by atoms with Crippen molar-refractivity contribution in [1.82, 2.24) is 20.0 Å². The molecule has 0 spiro atoms. The number of hydrogen-bond donors (Lipinski definition) is 1. The van der Waals surface area contributed by atoms with E-state index in [9.17, 15) is 14.4 Å². The van der Waals surface area contributed by atoms with E-state index >= 15 is 0 Å². The number of ether oxygens (including phenoxy) is 1. The van der Waals surface area contributed by atoms with Gasteiger partial charge < -0.3 is 19.9 Å². The molecule has 1 unspecified atom stereocenters. The maximum Gasteiger partial charge on any atom is 0.251 e. The highest BCUT2D eigenvalue weighted by molar-refractivity contribution is 5.98. The molecule has 0 radical (unpaired) electrons. The average molecular weight is 409 g/mol. The number of nitrogens with zero attached hydrogens (tertiary/aromatic N) is 3. The summed E-state index contributed by atoms with van der Waals surface area (Å²) < 4.78 is 5.33. The van der Waals surface area contributed by atoms with Gasteiger partial charge in [-0.3, -0.25) is 19.3 Å². The quantitative estimate of drug-likeness (QED) is 0.611. The van der Waals surface area contributed by atoms with Crippen LogP contribution in [-0.4, -0.2) is 92.5 Å². The Bertz CT molecular complexity index is 626. The van der Waals surface area contributed by atoms with Crippen molar-refractivity contribution < 1.29 is 19.1 Å². The number of nitrogens with one attached hydrogen (secondary N) is 1. The number of hydrogen-bond acceptors (Lipinski definition) is 5. The number of morpholine rings is 1. The molecule has 8 heteroatoms. The van der Waals surface area contributed by atoms with Gasteiger partial charge in [-0.2, -0.15) is 0 Å². The van der Waals surface area contributed by atoms with Gasteiger partial charge in [0.2, 0.25) is 11.8 Å². The van der Waals surface area contributed by atoms with E-state index in [4.69, 9.17) is 4.74 Å². The maximum atomic E-state index is 13.0. The first-order chi connectivity index (χ1) is 13.8. The minimum absolute atomic E-state index is 0.0467. The number of unbranched alkanes of at least 4 members (excludes halogenated alkanes) is 1. The van der Waals surface area contributed by atoms with Crippen molar-refractivity contribution in [3.63, 3.8) is 0 Å². The summed E-state index contributed by atoms with van der Waals surface area (Å²) in [7, 11) is 3.42. The molecule has 0 aromatic rings. The summed E-state index contributed by atoms with van der Waals surface area (Å²) in [6.45, 7) is 9.03. The van der Waals surface area contributed by atoms with Crippen molar-refractivity contribution in [3.05, 3.63) is 11.3 Å². The van der Waals surface area contributed by atoms with Gasteiger partial charge in [-0.15, -0.1) is 0 Å². The molecular weight excluding hydrogens is 372 g/mol. The molecule has 164 valence electrons. The first-order valence-corrected chi connectivity index (χ1v) is 10.6. The second kappa shape index (κ2) is 11.3. The highest BCUT2D eigenvalue weighted by Crippen LogP contribution is 2.30. The van der Waals surface area contributed by atoms with Crippen molar-refractivity contribution in [3.8, 4) is 0 Å². The number of rotatable bonds is 9. The Labute approximate surface area is 174 Å². The third-order valence-corrected chi connectivity index (χ3v) is 5.59. The predicted molar refractivity (Wildman–Crippen MR) is 111 cm³/mol. The van der Waals surface area contributed by atoms with Crippen LogP contribution in [0.2, 0.25) is 0 Å². The van der Waals surface area contributed by atoms with E-state index < -0.39 is 5.92 Å². The molecule has 0 saturated carbocycles. The molecule has 2 aliphatic rings. The van der Waals surface area contributed by atoms with Crippen LogP contribution in [-0.2, 0) is 19.1 Å². The van der Waals surface area contributed by atoms with Gasteiger partial charge in [-0.05, 0) is 19.8 Å². The fourth-order valence-corrected chi connectivity index (χ4v) is 3.77. The lowest BCUT2D eigenvalue weighted by Crippen LogP contribution is -2.45. The summed E-state index contributed by atoms with van der Waals surface area (Å²) in [4.78, 5) is 43.6. The summed E-state index contributed by atoms with van der Waals surface area (Å²) >= 11 is 0. The minimum atomic E-state index is -0.488. The van der Waals surface area contributed by atoms with Gasteiger partial charge in [0.1, 0.15) is 0 Å². The fraction of sp³-hybridized carbons (Fsp3) is 0.762. The van der Waals surface area contributed by atoms with Crippen LogP contribution in [0.5, 0.6) is 0 Å². The number of likely N-dealkylation sites (N-methyl/N-ethyl adjacent to an activating group) is 1. The Balaban J connectivity index is 1.98. The number of carbonyl (C=O) groups excluding carboxylic acids is 3. The number of allylic oxidation sites excluding steroid dienone is 1. The zero-order chi connectivity index (χ0) is 21.4. The van der Waals surface area contributed by atoms with Crippen LogP contribution in [0.3, 0.4) is 0 Å². The van der Waals surface area contributed by atoms with Gasteiger partial charge in [0.15, 0.2) is 0 Å². The zero-order valence-electron chi connectivity index (χ0n) is 18.3. The molecule has 0 aromatic carbocycles. The van der Waals surface area contributed by atoms with E-state index in [0.717, 1.165) is 51.4 Å².